The number of rotatable bonds is 2. The van der Waals surface area contributed by atoms with Crippen molar-refractivity contribution < 1.29 is 0 Å². The van der Waals surface area contributed by atoms with Crippen LogP contribution in [-0.2, 0) is 0 Å². The van der Waals surface area contributed by atoms with Crippen LogP contribution >= 0.6 is 0 Å². The summed E-state index contributed by atoms with van der Waals surface area (Å²) >= 11 is 0. The van der Waals surface area contributed by atoms with E-state index in [1.807, 2.05) is 21.1 Å². The minimum Gasteiger partial charge on any atom is -0.293 e. The number of hydrogen-bond donors (Lipinski definition) is 0. The lowest BCUT2D eigenvalue weighted by molar-refractivity contribution is 0.276. The first-order valence-corrected chi connectivity index (χ1v) is 2.44. The SMILES string of the molecule is C[N]C(C)N(C)C. The second kappa shape index (κ2) is 2.99. The molecule has 0 aromatic rings. The Morgan fingerprint density at radius 3 is 1.86 bits per heavy atom. The van der Waals surface area contributed by atoms with Crippen LogP contribution in [0.3, 0.4) is 0 Å². The molecule has 0 saturated heterocycles. The first-order chi connectivity index (χ1) is 3.18. The van der Waals surface area contributed by atoms with Crippen LogP contribution in [0.5, 0.6) is 0 Å². The molecule has 0 aliphatic rings. The summed E-state index contributed by atoms with van der Waals surface area (Å²) in [6.07, 6.45) is 0.361. The van der Waals surface area contributed by atoms with Gasteiger partial charge in [0.25, 0.3) is 0 Å². The maximum Gasteiger partial charge on any atom is 0.0723 e. The van der Waals surface area contributed by atoms with E-state index >= 15 is 0 Å². The van der Waals surface area contributed by atoms with Gasteiger partial charge in [-0.1, -0.05) is 0 Å². The zero-order chi connectivity index (χ0) is 5.86. The lowest BCUT2D eigenvalue weighted by Crippen LogP contribution is -2.31. The van der Waals surface area contributed by atoms with Crippen molar-refractivity contribution in [1.82, 2.24) is 10.2 Å². The van der Waals surface area contributed by atoms with E-state index in [1.54, 1.807) is 0 Å². The summed E-state index contributed by atoms with van der Waals surface area (Å²) in [5, 5.41) is 4.01. The second-order valence-electron chi connectivity index (χ2n) is 1.85. The van der Waals surface area contributed by atoms with Gasteiger partial charge in [0.1, 0.15) is 0 Å². The summed E-state index contributed by atoms with van der Waals surface area (Å²) in [6, 6.07) is 0. The summed E-state index contributed by atoms with van der Waals surface area (Å²) < 4.78 is 0. The van der Waals surface area contributed by atoms with Gasteiger partial charge in [0.05, 0.1) is 6.17 Å². The van der Waals surface area contributed by atoms with Crippen molar-refractivity contribution in [1.29, 1.82) is 0 Å². The summed E-state index contributed by atoms with van der Waals surface area (Å²) in [4.78, 5) is 2.06. The fourth-order valence-electron chi connectivity index (χ4n) is 0.231. The molecule has 0 aromatic heterocycles. The van der Waals surface area contributed by atoms with Gasteiger partial charge in [0.2, 0.25) is 0 Å². The Labute approximate surface area is 45.5 Å². The van der Waals surface area contributed by atoms with Crippen LogP contribution in [0.25, 0.3) is 0 Å². The van der Waals surface area contributed by atoms with Crippen molar-refractivity contribution in [3.05, 3.63) is 0 Å². The van der Waals surface area contributed by atoms with Crippen LogP contribution in [0.2, 0.25) is 0 Å². The highest BCUT2D eigenvalue weighted by Gasteiger charge is 1.97. The fraction of sp³-hybridized carbons (Fsp3) is 1.00. The van der Waals surface area contributed by atoms with Crippen molar-refractivity contribution in [3.8, 4) is 0 Å². The van der Waals surface area contributed by atoms with Crippen molar-refractivity contribution in [2.75, 3.05) is 21.1 Å². The summed E-state index contributed by atoms with van der Waals surface area (Å²) in [6.45, 7) is 2.06. The van der Waals surface area contributed by atoms with E-state index in [0.29, 0.717) is 6.17 Å². The van der Waals surface area contributed by atoms with Gasteiger partial charge in [-0.3, -0.25) is 4.90 Å². The van der Waals surface area contributed by atoms with E-state index in [1.165, 1.54) is 0 Å². The Kier molecular flexibility index (Phi) is 2.96. The van der Waals surface area contributed by atoms with Gasteiger partial charge >= 0.3 is 0 Å². The molecule has 0 aliphatic heterocycles. The average Bonchev–Trinajstić information content (AvgIpc) is 1.65. The first-order valence-electron chi connectivity index (χ1n) is 2.44. The predicted molar refractivity (Wildman–Crippen MR) is 31.2 cm³/mol. The molecule has 1 unspecified atom stereocenters. The maximum atomic E-state index is 4.01. The minimum atomic E-state index is 0.361. The standard InChI is InChI=1S/C5H13N2/c1-5(6-2)7(3)4/h5H,1-4H3. The second-order valence-corrected chi connectivity index (χ2v) is 1.85. The van der Waals surface area contributed by atoms with Crippen LogP contribution in [0, 0.1) is 0 Å². The van der Waals surface area contributed by atoms with Gasteiger partial charge in [-0.25, -0.2) is 5.32 Å². The molecule has 0 bridgehead atoms. The highest BCUT2D eigenvalue weighted by atomic mass is 15.2. The van der Waals surface area contributed by atoms with Gasteiger partial charge in [-0.05, 0) is 21.0 Å². The summed E-state index contributed by atoms with van der Waals surface area (Å²) in [5.74, 6) is 0. The Balaban J connectivity index is 3.14. The molecule has 2 nitrogen and oxygen atoms in total. The molecule has 2 heteroatoms. The van der Waals surface area contributed by atoms with E-state index in [4.69, 9.17) is 0 Å². The van der Waals surface area contributed by atoms with E-state index in [-0.39, 0.29) is 0 Å². The molecule has 0 N–H and O–H groups in total. The summed E-state index contributed by atoms with van der Waals surface area (Å²) in [7, 11) is 5.85. The molecule has 0 spiro atoms. The predicted octanol–water partition coefficient (Wildman–Crippen LogP) is 0.128. The molecule has 7 heavy (non-hydrogen) atoms. The highest BCUT2D eigenvalue weighted by molar-refractivity contribution is 4.48. The van der Waals surface area contributed by atoms with E-state index in [0.717, 1.165) is 0 Å². The van der Waals surface area contributed by atoms with Crippen LogP contribution in [0.1, 0.15) is 6.92 Å². The van der Waals surface area contributed by atoms with Crippen molar-refractivity contribution >= 4 is 0 Å². The molecule has 0 aromatic carbocycles. The zero-order valence-electron chi connectivity index (χ0n) is 5.47. The zero-order valence-corrected chi connectivity index (χ0v) is 5.47. The number of nitrogens with zero attached hydrogens (tertiary/aromatic N) is 2. The Hall–Kier alpha value is -0.0800. The smallest absolute Gasteiger partial charge is 0.0723 e. The molecule has 0 heterocycles. The van der Waals surface area contributed by atoms with E-state index in [9.17, 15) is 0 Å². The largest absolute Gasteiger partial charge is 0.293 e. The Bertz CT molecular complexity index is 43.3. The lowest BCUT2D eigenvalue weighted by Gasteiger charge is -2.16. The van der Waals surface area contributed by atoms with Crippen LogP contribution in [0.15, 0.2) is 0 Å². The van der Waals surface area contributed by atoms with Crippen molar-refractivity contribution in [2.45, 2.75) is 13.1 Å². The van der Waals surface area contributed by atoms with Crippen molar-refractivity contribution in [2.24, 2.45) is 0 Å². The van der Waals surface area contributed by atoms with Crippen LogP contribution in [0.4, 0.5) is 0 Å². The fourth-order valence-corrected chi connectivity index (χ4v) is 0.231. The molecule has 0 saturated carbocycles. The molecular weight excluding hydrogens is 88.1 g/mol. The molecule has 1 atom stereocenters. The monoisotopic (exact) mass is 101 g/mol. The first kappa shape index (κ1) is 6.92. The van der Waals surface area contributed by atoms with Gasteiger partial charge < -0.3 is 0 Å². The maximum absolute atomic E-state index is 4.01. The molecule has 0 aliphatic carbocycles. The van der Waals surface area contributed by atoms with E-state index < -0.39 is 0 Å². The average molecular weight is 101 g/mol. The third-order valence-corrected chi connectivity index (χ3v) is 1.12. The Morgan fingerprint density at radius 2 is 1.86 bits per heavy atom. The van der Waals surface area contributed by atoms with E-state index in [2.05, 4.69) is 17.1 Å². The third-order valence-electron chi connectivity index (χ3n) is 1.12. The number of hydrogen-bond acceptors (Lipinski definition) is 1. The van der Waals surface area contributed by atoms with Crippen LogP contribution < -0.4 is 5.32 Å². The quantitative estimate of drug-likeness (QED) is 0.483. The minimum absolute atomic E-state index is 0.361. The molecule has 43 valence electrons. The molecular formula is C5H13N2. The van der Waals surface area contributed by atoms with Crippen LogP contribution in [-0.4, -0.2) is 32.2 Å². The molecule has 0 amide bonds. The lowest BCUT2D eigenvalue weighted by atomic mass is 10.5. The van der Waals surface area contributed by atoms with Gasteiger partial charge in [0, 0.05) is 7.05 Å². The summed E-state index contributed by atoms with van der Waals surface area (Å²) in [5.41, 5.74) is 0. The normalized spacial score (nSPS) is 15.0. The van der Waals surface area contributed by atoms with Gasteiger partial charge in [-0.15, -0.1) is 0 Å². The van der Waals surface area contributed by atoms with Gasteiger partial charge in [-0.2, -0.15) is 0 Å². The molecule has 0 rings (SSSR count). The van der Waals surface area contributed by atoms with Gasteiger partial charge in [0.15, 0.2) is 0 Å². The topological polar surface area (TPSA) is 17.3 Å². The van der Waals surface area contributed by atoms with Crippen molar-refractivity contribution in [3.63, 3.8) is 0 Å². The third kappa shape index (κ3) is 2.60. The highest BCUT2D eigenvalue weighted by Crippen LogP contribution is 1.82. The Morgan fingerprint density at radius 1 is 1.43 bits per heavy atom. The molecule has 1 radical (unpaired) electrons. The molecule has 0 fully saturated rings.